The van der Waals surface area contributed by atoms with Gasteiger partial charge in [-0.05, 0) is 52.5 Å². The van der Waals surface area contributed by atoms with Crippen LogP contribution < -0.4 is 0 Å². The fraction of sp³-hybridized carbons (Fsp3) is 0.0476. The van der Waals surface area contributed by atoms with Gasteiger partial charge in [-0.15, -0.1) is 0 Å². The number of aromatic hydroxyl groups is 2. The smallest absolute Gasteiger partial charge is 0.172 e. The molecule has 1 aliphatic carbocycles. The average molecular weight is 336 g/mol. The van der Waals surface area contributed by atoms with Gasteiger partial charge >= 0.3 is 0 Å². The molecule has 1 aliphatic rings. The van der Waals surface area contributed by atoms with Crippen molar-refractivity contribution >= 4 is 11.1 Å². The van der Waals surface area contributed by atoms with E-state index in [0.29, 0.717) is 23.1 Å². The molecule has 0 saturated carbocycles. The van der Waals surface area contributed by atoms with Gasteiger partial charge in [0.1, 0.15) is 0 Å². The lowest BCUT2D eigenvalue weighted by Crippen LogP contribution is -1.93. The standard InChI is InChI=1S/C21H14F2O2/c22-16-11-13(6-8-17(16)24)15-10-14-7-9-18(25)21(23)20(14)19(15)12-4-2-1-3-5-12/h1-9,11,24-25H,10H2. The molecule has 0 aromatic heterocycles. The van der Waals surface area contributed by atoms with Crippen LogP contribution in [0.2, 0.25) is 0 Å². The first-order chi connectivity index (χ1) is 12.1. The van der Waals surface area contributed by atoms with E-state index >= 15 is 0 Å². The zero-order valence-corrected chi connectivity index (χ0v) is 13.1. The lowest BCUT2D eigenvalue weighted by Gasteiger charge is -2.11. The molecule has 0 unspecified atom stereocenters. The Bertz CT molecular complexity index is 1010. The van der Waals surface area contributed by atoms with E-state index in [1.807, 2.05) is 30.3 Å². The van der Waals surface area contributed by atoms with Crippen molar-refractivity contribution in [3.05, 3.63) is 94.6 Å². The van der Waals surface area contributed by atoms with Gasteiger partial charge in [-0.1, -0.05) is 42.5 Å². The molecule has 0 aliphatic heterocycles. The van der Waals surface area contributed by atoms with Crippen molar-refractivity contribution in [3.8, 4) is 11.5 Å². The molecule has 4 heteroatoms. The summed E-state index contributed by atoms with van der Waals surface area (Å²) in [5, 5.41) is 19.2. The third kappa shape index (κ3) is 2.47. The number of rotatable bonds is 2. The fourth-order valence-corrected chi connectivity index (χ4v) is 3.32. The summed E-state index contributed by atoms with van der Waals surface area (Å²) in [7, 11) is 0. The molecule has 2 N–H and O–H groups in total. The van der Waals surface area contributed by atoms with E-state index in [0.717, 1.165) is 16.7 Å². The molecule has 0 heterocycles. The lowest BCUT2D eigenvalue weighted by atomic mass is 9.94. The van der Waals surface area contributed by atoms with Crippen LogP contribution in [-0.2, 0) is 6.42 Å². The zero-order valence-electron chi connectivity index (χ0n) is 13.1. The summed E-state index contributed by atoms with van der Waals surface area (Å²) in [5.41, 5.74) is 3.82. The number of benzene rings is 3. The van der Waals surface area contributed by atoms with E-state index in [1.165, 1.54) is 18.2 Å². The molecule has 25 heavy (non-hydrogen) atoms. The summed E-state index contributed by atoms with van der Waals surface area (Å²) in [6.07, 6.45) is 0.418. The van der Waals surface area contributed by atoms with Crippen molar-refractivity contribution in [2.45, 2.75) is 6.42 Å². The third-order valence-corrected chi connectivity index (χ3v) is 4.49. The first-order valence-corrected chi connectivity index (χ1v) is 7.84. The van der Waals surface area contributed by atoms with Gasteiger partial charge in [0.05, 0.1) is 0 Å². The number of hydrogen-bond donors (Lipinski definition) is 2. The molecule has 0 fully saturated rings. The molecule has 0 radical (unpaired) electrons. The fourth-order valence-electron chi connectivity index (χ4n) is 3.32. The highest BCUT2D eigenvalue weighted by Crippen LogP contribution is 2.45. The topological polar surface area (TPSA) is 40.5 Å². The minimum absolute atomic E-state index is 0.342. The third-order valence-electron chi connectivity index (χ3n) is 4.49. The molecular weight excluding hydrogens is 322 g/mol. The molecule has 0 bridgehead atoms. The van der Waals surface area contributed by atoms with E-state index in [9.17, 15) is 19.0 Å². The SMILES string of the molecule is Oc1ccc(C2=C(c3ccccc3)c3c(ccc(O)c3F)C2)cc1F. The van der Waals surface area contributed by atoms with Crippen molar-refractivity contribution in [2.75, 3.05) is 0 Å². The Hall–Kier alpha value is -3.14. The van der Waals surface area contributed by atoms with Gasteiger partial charge in [0, 0.05) is 5.56 Å². The molecule has 2 nitrogen and oxygen atoms in total. The monoisotopic (exact) mass is 336 g/mol. The lowest BCUT2D eigenvalue weighted by molar-refractivity contribution is 0.431. The zero-order chi connectivity index (χ0) is 17.6. The minimum Gasteiger partial charge on any atom is -0.505 e. The number of phenols is 2. The van der Waals surface area contributed by atoms with E-state index in [2.05, 4.69) is 0 Å². The first kappa shape index (κ1) is 15.4. The predicted molar refractivity (Wildman–Crippen MR) is 92.2 cm³/mol. The molecule has 3 aromatic rings. The van der Waals surface area contributed by atoms with Gasteiger partial charge < -0.3 is 10.2 Å². The second-order valence-electron chi connectivity index (χ2n) is 6.00. The maximum absolute atomic E-state index is 14.7. The number of hydrogen-bond acceptors (Lipinski definition) is 2. The molecule has 124 valence electrons. The molecule has 0 amide bonds. The molecule has 0 saturated heterocycles. The largest absolute Gasteiger partial charge is 0.505 e. The normalized spacial score (nSPS) is 13.2. The van der Waals surface area contributed by atoms with Crippen LogP contribution >= 0.6 is 0 Å². The first-order valence-electron chi connectivity index (χ1n) is 7.84. The second-order valence-corrected chi connectivity index (χ2v) is 6.00. The highest BCUT2D eigenvalue weighted by Gasteiger charge is 2.28. The van der Waals surface area contributed by atoms with Crippen molar-refractivity contribution in [2.24, 2.45) is 0 Å². The van der Waals surface area contributed by atoms with Crippen molar-refractivity contribution in [1.82, 2.24) is 0 Å². The Morgan fingerprint density at radius 2 is 1.48 bits per heavy atom. The maximum Gasteiger partial charge on any atom is 0.172 e. The van der Waals surface area contributed by atoms with E-state index in [4.69, 9.17) is 0 Å². The van der Waals surface area contributed by atoms with Crippen LogP contribution in [-0.4, -0.2) is 10.2 Å². The average Bonchev–Trinajstić information content (AvgIpc) is 3.01. The number of phenolic OH excluding ortho intramolecular Hbond substituents is 2. The van der Waals surface area contributed by atoms with Crippen LogP contribution in [0.25, 0.3) is 11.1 Å². The van der Waals surface area contributed by atoms with Crippen LogP contribution in [0, 0.1) is 11.6 Å². The van der Waals surface area contributed by atoms with Crippen molar-refractivity contribution < 1.29 is 19.0 Å². The predicted octanol–water partition coefficient (Wildman–Crippen LogP) is 4.89. The maximum atomic E-state index is 14.7. The summed E-state index contributed by atoms with van der Waals surface area (Å²) in [6.45, 7) is 0. The van der Waals surface area contributed by atoms with Gasteiger partial charge in [0.15, 0.2) is 23.1 Å². The Kier molecular flexibility index (Phi) is 3.53. The van der Waals surface area contributed by atoms with Gasteiger partial charge in [-0.3, -0.25) is 0 Å². The van der Waals surface area contributed by atoms with E-state index < -0.39 is 23.1 Å². The Balaban J connectivity index is 2.01. The quantitative estimate of drug-likeness (QED) is 0.699. The van der Waals surface area contributed by atoms with Crippen LogP contribution in [0.4, 0.5) is 8.78 Å². The number of halogens is 2. The highest BCUT2D eigenvalue weighted by molar-refractivity contribution is 6.04. The molecule has 4 rings (SSSR count). The number of allylic oxidation sites excluding steroid dienone is 1. The van der Waals surface area contributed by atoms with Crippen LogP contribution in [0.5, 0.6) is 11.5 Å². The summed E-state index contributed by atoms with van der Waals surface area (Å²) in [6, 6.07) is 16.4. The van der Waals surface area contributed by atoms with E-state index in [-0.39, 0.29) is 0 Å². The van der Waals surface area contributed by atoms with Crippen LogP contribution in [0.1, 0.15) is 22.3 Å². The Morgan fingerprint density at radius 3 is 2.20 bits per heavy atom. The van der Waals surface area contributed by atoms with Crippen molar-refractivity contribution in [1.29, 1.82) is 0 Å². The van der Waals surface area contributed by atoms with Crippen LogP contribution in [0.3, 0.4) is 0 Å². The summed E-state index contributed by atoms with van der Waals surface area (Å²) >= 11 is 0. The van der Waals surface area contributed by atoms with Crippen LogP contribution in [0.15, 0.2) is 60.7 Å². The Morgan fingerprint density at radius 1 is 0.760 bits per heavy atom. The van der Waals surface area contributed by atoms with E-state index in [1.54, 1.807) is 12.1 Å². The molecule has 3 aromatic carbocycles. The van der Waals surface area contributed by atoms with Crippen molar-refractivity contribution in [3.63, 3.8) is 0 Å². The minimum atomic E-state index is -0.725. The van der Waals surface area contributed by atoms with Gasteiger partial charge in [0.2, 0.25) is 0 Å². The molecular formula is C21H14F2O2. The molecule has 0 spiro atoms. The summed E-state index contributed by atoms with van der Waals surface area (Å²) in [4.78, 5) is 0. The van der Waals surface area contributed by atoms with Gasteiger partial charge in [-0.2, -0.15) is 0 Å². The Labute approximate surface area is 143 Å². The number of fused-ring (bicyclic) bond motifs is 1. The highest BCUT2D eigenvalue weighted by atomic mass is 19.1. The molecule has 0 atom stereocenters. The van der Waals surface area contributed by atoms with Gasteiger partial charge in [0.25, 0.3) is 0 Å². The van der Waals surface area contributed by atoms with Gasteiger partial charge in [-0.25, -0.2) is 8.78 Å². The summed E-state index contributed by atoms with van der Waals surface area (Å²) in [5.74, 6) is -2.24. The second kappa shape index (κ2) is 5.74. The summed E-state index contributed by atoms with van der Waals surface area (Å²) < 4.78 is 28.5.